The van der Waals surface area contributed by atoms with Crippen molar-refractivity contribution in [2.45, 2.75) is 33.6 Å². The topological polar surface area (TPSA) is 43.9 Å². The van der Waals surface area contributed by atoms with Crippen molar-refractivity contribution in [1.82, 2.24) is 14.7 Å². The van der Waals surface area contributed by atoms with E-state index in [0.717, 1.165) is 39.3 Å². The highest BCUT2D eigenvalue weighted by molar-refractivity contribution is 5.82. The molecule has 29 heavy (non-hydrogen) atoms. The van der Waals surface area contributed by atoms with Gasteiger partial charge in [0.25, 0.3) is 0 Å². The minimum atomic E-state index is 0.0968. The van der Waals surface area contributed by atoms with Gasteiger partial charge in [0.2, 0.25) is 5.91 Å². The van der Waals surface area contributed by atoms with E-state index in [1.54, 1.807) is 0 Å². The van der Waals surface area contributed by atoms with Crippen LogP contribution in [-0.4, -0.2) is 78.7 Å². The summed E-state index contributed by atoms with van der Waals surface area (Å²) in [5.41, 5.74) is 1.40. The number of hydrogen-bond acceptors (Lipinski definition) is 4. The van der Waals surface area contributed by atoms with Crippen LogP contribution in [0.15, 0.2) is 30.3 Å². The molecule has 2 aliphatic heterocycles. The predicted octanol–water partition coefficient (Wildman–Crippen LogP) is 2.73. The van der Waals surface area contributed by atoms with Crippen molar-refractivity contribution in [3.63, 3.8) is 0 Å². The molecule has 2 aliphatic rings. The Kier molecular flexibility index (Phi) is 7.47. The molecule has 2 heterocycles. The maximum Gasteiger partial charge on any atom is 0.236 e. The second-order valence-electron chi connectivity index (χ2n) is 9.41. The normalized spacial score (nSPS) is 20.1. The van der Waals surface area contributed by atoms with Crippen LogP contribution in [0.25, 0.3) is 0 Å². The van der Waals surface area contributed by atoms with Crippen LogP contribution in [0.2, 0.25) is 0 Å². The third kappa shape index (κ3) is 5.67. The molecule has 1 atom stereocenters. The molecule has 0 unspecified atom stereocenters. The molecule has 0 bridgehead atoms. The van der Waals surface area contributed by atoms with E-state index in [9.17, 15) is 9.59 Å². The molecule has 3 rings (SSSR count). The van der Waals surface area contributed by atoms with Crippen LogP contribution in [-0.2, 0) is 9.59 Å². The lowest BCUT2D eigenvalue weighted by molar-refractivity contribution is -0.140. The SMILES string of the molecule is CC(C)C(=O)CN1CCN(CC(=O)N2CC([C@@H](c3ccccc3)C(C)C)C2)CC1. The van der Waals surface area contributed by atoms with E-state index in [0.29, 0.717) is 36.6 Å². The molecule has 5 nitrogen and oxygen atoms in total. The Labute approximate surface area is 176 Å². The van der Waals surface area contributed by atoms with Crippen molar-refractivity contribution in [2.24, 2.45) is 17.8 Å². The second kappa shape index (κ2) is 9.86. The number of likely N-dealkylation sites (tertiary alicyclic amines) is 1. The van der Waals surface area contributed by atoms with Gasteiger partial charge in [-0.2, -0.15) is 0 Å². The number of carbonyl (C=O) groups is 2. The number of carbonyl (C=O) groups excluding carboxylic acids is 2. The summed E-state index contributed by atoms with van der Waals surface area (Å²) < 4.78 is 0. The van der Waals surface area contributed by atoms with Crippen molar-refractivity contribution >= 4 is 11.7 Å². The minimum absolute atomic E-state index is 0.0968. The van der Waals surface area contributed by atoms with E-state index in [2.05, 4.69) is 54.0 Å². The Balaban J connectivity index is 1.42. The smallest absolute Gasteiger partial charge is 0.236 e. The highest BCUT2D eigenvalue weighted by Gasteiger charge is 2.38. The minimum Gasteiger partial charge on any atom is -0.341 e. The molecule has 0 spiro atoms. The summed E-state index contributed by atoms with van der Waals surface area (Å²) in [6.07, 6.45) is 0. The molecule has 0 aliphatic carbocycles. The van der Waals surface area contributed by atoms with Gasteiger partial charge in [-0.1, -0.05) is 58.0 Å². The average Bonchev–Trinajstić information content (AvgIpc) is 2.65. The fourth-order valence-corrected chi connectivity index (χ4v) is 4.62. The molecule has 0 N–H and O–H groups in total. The van der Waals surface area contributed by atoms with E-state index in [1.165, 1.54) is 5.56 Å². The van der Waals surface area contributed by atoms with Crippen molar-refractivity contribution in [3.8, 4) is 0 Å². The van der Waals surface area contributed by atoms with Crippen LogP contribution in [0.5, 0.6) is 0 Å². The zero-order valence-electron chi connectivity index (χ0n) is 18.5. The second-order valence-corrected chi connectivity index (χ2v) is 9.41. The van der Waals surface area contributed by atoms with Gasteiger partial charge in [0.15, 0.2) is 0 Å². The fourth-order valence-electron chi connectivity index (χ4n) is 4.62. The first-order chi connectivity index (χ1) is 13.8. The van der Waals surface area contributed by atoms with E-state index in [-0.39, 0.29) is 11.8 Å². The molecule has 1 aromatic rings. The number of hydrogen-bond donors (Lipinski definition) is 0. The predicted molar refractivity (Wildman–Crippen MR) is 117 cm³/mol. The summed E-state index contributed by atoms with van der Waals surface area (Å²) in [4.78, 5) is 31.1. The van der Waals surface area contributed by atoms with E-state index in [4.69, 9.17) is 0 Å². The Morgan fingerprint density at radius 1 is 0.897 bits per heavy atom. The highest BCUT2D eigenvalue weighted by Crippen LogP contribution is 2.37. The highest BCUT2D eigenvalue weighted by atomic mass is 16.2. The Bertz CT molecular complexity index is 675. The first-order valence-corrected chi connectivity index (χ1v) is 11.1. The standard InChI is InChI=1S/C24H37N3O2/c1-18(2)22(28)16-25-10-12-26(13-11-25)17-23(29)27-14-21(15-27)24(19(3)4)20-8-6-5-7-9-20/h5-9,18-19,21,24H,10-17H2,1-4H3/t24-/m1/s1. The molecule has 1 aromatic carbocycles. The lowest BCUT2D eigenvalue weighted by Crippen LogP contribution is -2.57. The number of nitrogens with zero attached hydrogens (tertiary/aromatic N) is 3. The number of piperazine rings is 1. The van der Waals surface area contributed by atoms with E-state index >= 15 is 0 Å². The summed E-state index contributed by atoms with van der Waals surface area (Å²) in [6.45, 7) is 14.8. The van der Waals surface area contributed by atoms with Crippen LogP contribution >= 0.6 is 0 Å². The van der Waals surface area contributed by atoms with E-state index in [1.807, 2.05) is 18.7 Å². The summed E-state index contributed by atoms with van der Waals surface area (Å²) >= 11 is 0. The maximum absolute atomic E-state index is 12.7. The van der Waals surface area contributed by atoms with Crippen LogP contribution < -0.4 is 0 Å². The fraction of sp³-hybridized carbons (Fsp3) is 0.667. The van der Waals surface area contributed by atoms with Gasteiger partial charge in [0.05, 0.1) is 13.1 Å². The van der Waals surface area contributed by atoms with Crippen molar-refractivity contribution in [2.75, 3.05) is 52.4 Å². The van der Waals surface area contributed by atoms with Crippen LogP contribution in [0.1, 0.15) is 39.2 Å². The monoisotopic (exact) mass is 399 g/mol. The first-order valence-electron chi connectivity index (χ1n) is 11.1. The lowest BCUT2D eigenvalue weighted by Gasteiger charge is -2.46. The summed E-state index contributed by atoms with van der Waals surface area (Å²) in [5.74, 6) is 2.30. The third-order valence-electron chi connectivity index (χ3n) is 6.52. The number of ketones is 1. The molecule has 160 valence electrons. The Morgan fingerprint density at radius 2 is 1.45 bits per heavy atom. The zero-order chi connectivity index (χ0) is 21.0. The van der Waals surface area contributed by atoms with Gasteiger partial charge in [-0.25, -0.2) is 0 Å². The van der Waals surface area contributed by atoms with Gasteiger partial charge in [-0.15, -0.1) is 0 Å². The Hall–Kier alpha value is -1.72. The third-order valence-corrected chi connectivity index (χ3v) is 6.52. The largest absolute Gasteiger partial charge is 0.341 e. The van der Waals surface area contributed by atoms with Gasteiger partial charge in [0, 0.05) is 51.1 Å². The number of amides is 1. The number of benzene rings is 1. The number of rotatable bonds is 8. The molecule has 1 amide bonds. The van der Waals surface area contributed by atoms with Gasteiger partial charge in [0.1, 0.15) is 5.78 Å². The molecule has 0 radical (unpaired) electrons. The molecule has 5 heteroatoms. The molecule has 2 saturated heterocycles. The molecular weight excluding hydrogens is 362 g/mol. The average molecular weight is 400 g/mol. The van der Waals surface area contributed by atoms with Crippen LogP contribution in [0.4, 0.5) is 0 Å². The maximum atomic E-state index is 12.7. The van der Waals surface area contributed by atoms with Gasteiger partial charge < -0.3 is 4.90 Å². The molecule has 0 aromatic heterocycles. The van der Waals surface area contributed by atoms with Gasteiger partial charge in [-0.05, 0) is 17.4 Å². The first kappa shape index (κ1) is 22.0. The van der Waals surface area contributed by atoms with Gasteiger partial charge in [-0.3, -0.25) is 19.4 Å². The van der Waals surface area contributed by atoms with Crippen LogP contribution in [0, 0.1) is 17.8 Å². The molecule has 0 saturated carbocycles. The van der Waals surface area contributed by atoms with Crippen molar-refractivity contribution in [1.29, 1.82) is 0 Å². The zero-order valence-corrected chi connectivity index (χ0v) is 18.5. The molecular formula is C24H37N3O2. The molecule has 2 fully saturated rings. The van der Waals surface area contributed by atoms with Gasteiger partial charge >= 0.3 is 0 Å². The van der Waals surface area contributed by atoms with Crippen molar-refractivity contribution < 1.29 is 9.59 Å². The quantitative estimate of drug-likeness (QED) is 0.674. The van der Waals surface area contributed by atoms with Crippen molar-refractivity contribution in [3.05, 3.63) is 35.9 Å². The summed E-state index contributed by atoms with van der Waals surface area (Å²) in [7, 11) is 0. The summed E-state index contributed by atoms with van der Waals surface area (Å²) in [5, 5.41) is 0. The van der Waals surface area contributed by atoms with Crippen LogP contribution in [0.3, 0.4) is 0 Å². The van der Waals surface area contributed by atoms with E-state index < -0.39 is 0 Å². The Morgan fingerprint density at radius 3 is 1.97 bits per heavy atom. The lowest BCUT2D eigenvalue weighted by atomic mass is 9.74. The summed E-state index contributed by atoms with van der Waals surface area (Å²) in [6, 6.07) is 10.7. The number of Topliss-reactive ketones (excluding diaryl/α,β-unsaturated/α-hetero) is 1.